The molecule has 0 bridgehead atoms. The van der Waals surface area contributed by atoms with Gasteiger partial charge in [0.2, 0.25) is 11.8 Å². The van der Waals surface area contributed by atoms with Crippen LogP contribution in [0, 0.1) is 17.8 Å². The van der Waals surface area contributed by atoms with E-state index in [1.165, 1.54) is 0 Å². The summed E-state index contributed by atoms with van der Waals surface area (Å²) in [6.45, 7) is 11.2. The molecule has 0 atom stereocenters. The molecule has 0 aromatic rings. The van der Waals surface area contributed by atoms with E-state index >= 15 is 0 Å². The van der Waals surface area contributed by atoms with E-state index in [0.717, 1.165) is 0 Å². The quantitative estimate of drug-likeness (QED) is 0.225. The molecule has 0 saturated heterocycles. The van der Waals surface area contributed by atoms with Crippen LogP contribution in [0.25, 0.3) is 0 Å². The highest BCUT2D eigenvalue weighted by Gasteiger charge is 2.20. The Kier molecular flexibility index (Phi) is 18.2. The van der Waals surface area contributed by atoms with Crippen LogP contribution < -0.4 is 10.6 Å². The smallest absolute Gasteiger partial charge is 0.232 e. The van der Waals surface area contributed by atoms with Gasteiger partial charge in [0.25, 0.3) is 0 Å². The van der Waals surface area contributed by atoms with Crippen molar-refractivity contribution < 1.29 is 33.3 Å². The number of terminal acetylenes is 1. The molecule has 0 aromatic carbocycles. The number of carbonyl (C=O) groups excluding carboxylic acids is 2. The van der Waals surface area contributed by atoms with Crippen LogP contribution in [0.3, 0.4) is 0 Å². The summed E-state index contributed by atoms with van der Waals surface area (Å²) in [4.78, 5) is 22.7. The summed E-state index contributed by atoms with van der Waals surface area (Å²) in [5, 5.41) is 5.46. The fraction of sp³-hybridized carbons (Fsp3) is 0.810. The normalized spacial score (nSPS) is 11.1. The minimum absolute atomic E-state index is 0.0120. The molecule has 0 rings (SSSR count). The van der Waals surface area contributed by atoms with Crippen molar-refractivity contribution in [3.63, 3.8) is 0 Å². The molecular weight excluding hydrogens is 392 g/mol. The molecule has 9 heteroatoms. The van der Waals surface area contributed by atoms with E-state index < -0.39 is 0 Å². The standard InChI is InChI=1S/C21H38N2O7/c1-5-6-19(24)22-7-9-26-11-13-28-15-17-30-18-16-29-14-12-27-10-8-23-20(25)21(2,3)4/h1H,6-18H2,2-4H3,(H,22,24)(H,23,25). The van der Waals surface area contributed by atoms with Gasteiger partial charge >= 0.3 is 0 Å². The second kappa shape index (κ2) is 19.3. The van der Waals surface area contributed by atoms with Gasteiger partial charge in [-0.15, -0.1) is 6.42 Å². The van der Waals surface area contributed by atoms with Gasteiger partial charge in [-0.3, -0.25) is 9.59 Å². The third-order valence-corrected chi connectivity index (χ3v) is 3.53. The number of rotatable bonds is 19. The summed E-state index contributed by atoms with van der Waals surface area (Å²) in [5.74, 6) is 2.11. The lowest BCUT2D eigenvalue weighted by atomic mass is 9.96. The van der Waals surface area contributed by atoms with Crippen LogP contribution in [-0.2, 0) is 33.3 Å². The number of amides is 2. The fourth-order valence-electron chi connectivity index (χ4n) is 1.90. The molecule has 0 fully saturated rings. The van der Waals surface area contributed by atoms with Crippen molar-refractivity contribution in [1.82, 2.24) is 10.6 Å². The van der Waals surface area contributed by atoms with Crippen molar-refractivity contribution in [2.24, 2.45) is 5.41 Å². The van der Waals surface area contributed by atoms with Crippen LogP contribution in [0.4, 0.5) is 0 Å². The van der Waals surface area contributed by atoms with E-state index in [1.807, 2.05) is 20.8 Å². The first-order valence-electron chi connectivity index (χ1n) is 10.2. The molecule has 9 nitrogen and oxygen atoms in total. The van der Waals surface area contributed by atoms with E-state index in [0.29, 0.717) is 79.2 Å². The van der Waals surface area contributed by atoms with Gasteiger partial charge in [0.15, 0.2) is 0 Å². The Bertz CT molecular complexity index is 487. The number of nitrogens with one attached hydrogen (secondary N) is 2. The fourth-order valence-corrected chi connectivity index (χ4v) is 1.90. The average molecular weight is 431 g/mol. The zero-order valence-electron chi connectivity index (χ0n) is 18.6. The molecule has 0 aliphatic carbocycles. The highest BCUT2D eigenvalue weighted by atomic mass is 16.6. The molecule has 2 amide bonds. The first-order valence-corrected chi connectivity index (χ1v) is 10.2. The lowest BCUT2D eigenvalue weighted by Gasteiger charge is -2.17. The number of ether oxygens (including phenoxy) is 5. The summed E-state index contributed by atoms with van der Waals surface area (Å²) >= 11 is 0. The van der Waals surface area contributed by atoms with Crippen molar-refractivity contribution in [3.8, 4) is 12.3 Å². The number of hydrogen-bond acceptors (Lipinski definition) is 7. The van der Waals surface area contributed by atoms with E-state index in [-0.39, 0.29) is 23.7 Å². The van der Waals surface area contributed by atoms with E-state index in [2.05, 4.69) is 16.6 Å². The Balaban J connectivity index is 3.16. The lowest BCUT2D eigenvalue weighted by molar-refractivity contribution is -0.128. The largest absolute Gasteiger partial charge is 0.377 e. The molecule has 0 aliphatic heterocycles. The molecule has 0 spiro atoms. The average Bonchev–Trinajstić information content (AvgIpc) is 2.69. The Labute approximate surface area is 180 Å². The zero-order chi connectivity index (χ0) is 22.5. The first-order chi connectivity index (χ1) is 14.4. The van der Waals surface area contributed by atoms with Crippen molar-refractivity contribution in [2.45, 2.75) is 27.2 Å². The lowest BCUT2D eigenvalue weighted by Crippen LogP contribution is -2.36. The molecule has 0 heterocycles. The van der Waals surface area contributed by atoms with Gasteiger partial charge in [0.1, 0.15) is 0 Å². The highest BCUT2D eigenvalue weighted by Crippen LogP contribution is 2.11. The van der Waals surface area contributed by atoms with Crippen molar-refractivity contribution in [2.75, 3.05) is 79.2 Å². The van der Waals surface area contributed by atoms with Crippen LogP contribution in [0.2, 0.25) is 0 Å². The molecule has 174 valence electrons. The Morgan fingerprint density at radius 2 is 1.07 bits per heavy atom. The summed E-state index contributed by atoms with van der Waals surface area (Å²) in [6.07, 6.45) is 5.11. The maximum Gasteiger partial charge on any atom is 0.232 e. The van der Waals surface area contributed by atoms with Crippen molar-refractivity contribution >= 4 is 11.8 Å². The monoisotopic (exact) mass is 430 g/mol. The van der Waals surface area contributed by atoms with Gasteiger partial charge in [-0.25, -0.2) is 0 Å². The third-order valence-electron chi connectivity index (χ3n) is 3.53. The minimum atomic E-state index is -0.384. The second-order valence-electron chi connectivity index (χ2n) is 7.30. The zero-order valence-corrected chi connectivity index (χ0v) is 18.6. The molecule has 0 unspecified atom stereocenters. The van der Waals surface area contributed by atoms with Gasteiger partial charge in [0, 0.05) is 18.5 Å². The maximum absolute atomic E-state index is 11.6. The van der Waals surface area contributed by atoms with Crippen LogP contribution >= 0.6 is 0 Å². The van der Waals surface area contributed by atoms with Gasteiger partial charge < -0.3 is 34.3 Å². The van der Waals surface area contributed by atoms with E-state index in [9.17, 15) is 9.59 Å². The molecule has 0 aromatic heterocycles. The Hall–Kier alpha value is -1.70. The van der Waals surface area contributed by atoms with Crippen molar-refractivity contribution in [1.29, 1.82) is 0 Å². The molecule has 0 saturated carbocycles. The third kappa shape index (κ3) is 19.6. The van der Waals surface area contributed by atoms with Gasteiger partial charge in [-0.2, -0.15) is 0 Å². The molecular formula is C21H38N2O7. The maximum atomic E-state index is 11.6. The van der Waals surface area contributed by atoms with Gasteiger partial charge in [-0.05, 0) is 0 Å². The molecule has 2 N–H and O–H groups in total. The highest BCUT2D eigenvalue weighted by molar-refractivity contribution is 5.81. The Morgan fingerprint density at radius 1 is 0.700 bits per heavy atom. The summed E-state index contributed by atoms with van der Waals surface area (Å²) in [7, 11) is 0. The van der Waals surface area contributed by atoms with Crippen LogP contribution in [-0.4, -0.2) is 91.0 Å². The SMILES string of the molecule is C#CCC(=O)NCCOCCOCCOCCOCCOCCNC(=O)C(C)(C)C. The minimum Gasteiger partial charge on any atom is -0.377 e. The van der Waals surface area contributed by atoms with Crippen LogP contribution in [0.5, 0.6) is 0 Å². The predicted molar refractivity (Wildman–Crippen MR) is 113 cm³/mol. The number of hydrogen-bond donors (Lipinski definition) is 2. The Morgan fingerprint density at radius 3 is 1.43 bits per heavy atom. The summed E-state index contributed by atoms with van der Waals surface area (Å²) < 4.78 is 26.8. The van der Waals surface area contributed by atoms with Gasteiger partial charge in [-0.1, -0.05) is 26.7 Å². The summed E-state index contributed by atoms with van der Waals surface area (Å²) in [6, 6.07) is 0. The predicted octanol–water partition coefficient (Wildman–Crippen LogP) is 0.371. The van der Waals surface area contributed by atoms with E-state index in [1.54, 1.807) is 0 Å². The molecule has 0 aliphatic rings. The van der Waals surface area contributed by atoms with Crippen LogP contribution in [0.15, 0.2) is 0 Å². The summed E-state index contributed by atoms with van der Waals surface area (Å²) in [5.41, 5.74) is -0.384. The molecule has 30 heavy (non-hydrogen) atoms. The van der Waals surface area contributed by atoms with E-state index in [4.69, 9.17) is 30.1 Å². The van der Waals surface area contributed by atoms with Gasteiger partial charge in [0.05, 0.1) is 72.5 Å². The topological polar surface area (TPSA) is 104 Å². The molecule has 0 radical (unpaired) electrons. The second-order valence-corrected chi connectivity index (χ2v) is 7.30. The van der Waals surface area contributed by atoms with Crippen LogP contribution in [0.1, 0.15) is 27.2 Å². The van der Waals surface area contributed by atoms with Crippen molar-refractivity contribution in [3.05, 3.63) is 0 Å². The number of carbonyl (C=O) groups is 2. The first kappa shape index (κ1) is 28.3.